The summed E-state index contributed by atoms with van der Waals surface area (Å²) < 4.78 is 27.7. The van der Waals surface area contributed by atoms with E-state index < -0.39 is 9.84 Å². The van der Waals surface area contributed by atoms with Crippen LogP contribution < -0.4 is 0 Å². The molecule has 0 spiro atoms. The van der Waals surface area contributed by atoms with Crippen molar-refractivity contribution in [1.29, 1.82) is 0 Å². The Hall–Kier alpha value is -1.30. The average molecular weight is 243 g/mol. The number of nitrogens with zero attached hydrogens (tertiary/aromatic N) is 1. The van der Waals surface area contributed by atoms with Gasteiger partial charge >= 0.3 is 0 Å². The van der Waals surface area contributed by atoms with Crippen molar-refractivity contribution < 1.29 is 17.6 Å². The highest BCUT2D eigenvalue weighted by molar-refractivity contribution is 7.91. The Morgan fingerprint density at radius 1 is 1.56 bits per heavy atom. The zero-order valence-corrected chi connectivity index (χ0v) is 9.52. The molecule has 2 heterocycles. The molecule has 2 rings (SSSR count). The number of carbonyl (C=O) groups is 1. The Labute approximate surface area is 94.0 Å². The van der Waals surface area contributed by atoms with Gasteiger partial charge in [0, 0.05) is 6.04 Å². The molecule has 1 atom stereocenters. The molecule has 0 aromatic carbocycles. The van der Waals surface area contributed by atoms with Crippen molar-refractivity contribution in [3.05, 3.63) is 24.2 Å². The van der Waals surface area contributed by atoms with Crippen LogP contribution in [0.3, 0.4) is 0 Å². The van der Waals surface area contributed by atoms with E-state index in [1.165, 1.54) is 11.2 Å². The second-order valence-corrected chi connectivity index (χ2v) is 6.14. The van der Waals surface area contributed by atoms with Gasteiger partial charge in [0.1, 0.15) is 5.76 Å². The number of amides is 1. The minimum atomic E-state index is -2.96. The molecule has 1 fully saturated rings. The normalized spacial score (nSPS) is 23.1. The van der Waals surface area contributed by atoms with Crippen molar-refractivity contribution in [1.82, 2.24) is 4.90 Å². The average Bonchev–Trinajstić information content (AvgIpc) is 2.83. The van der Waals surface area contributed by atoms with Gasteiger partial charge in [-0.3, -0.25) is 4.79 Å². The molecule has 6 heteroatoms. The lowest BCUT2D eigenvalue weighted by molar-refractivity contribution is -0.120. The highest BCUT2D eigenvalue weighted by Crippen LogP contribution is 2.18. The van der Waals surface area contributed by atoms with Crippen LogP contribution in [0.4, 0.5) is 0 Å². The van der Waals surface area contributed by atoms with E-state index in [-0.39, 0.29) is 17.5 Å². The molecule has 88 valence electrons. The quantitative estimate of drug-likeness (QED) is 0.719. The molecule has 0 bridgehead atoms. The molecule has 1 unspecified atom stereocenters. The van der Waals surface area contributed by atoms with Gasteiger partial charge in [-0.1, -0.05) is 0 Å². The first-order chi connectivity index (χ1) is 7.61. The fourth-order valence-corrected chi connectivity index (χ4v) is 3.61. The van der Waals surface area contributed by atoms with E-state index in [0.717, 1.165) is 0 Å². The lowest BCUT2D eigenvalue weighted by Gasteiger charge is -2.22. The smallest absolute Gasteiger partial charge is 0.210 e. The maximum Gasteiger partial charge on any atom is 0.210 e. The zero-order valence-electron chi connectivity index (χ0n) is 8.70. The summed E-state index contributed by atoms with van der Waals surface area (Å²) in [5.41, 5.74) is 0. The zero-order chi connectivity index (χ0) is 11.6. The predicted octanol–water partition coefficient (Wildman–Crippen LogP) is 0.425. The lowest BCUT2D eigenvalue weighted by Crippen LogP contribution is -2.34. The molecule has 5 nitrogen and oxygen atoms in total. The van der Waals surface area contributed by atoms with Crippen molar-refractivity contribution in [2.24, 2.45) is 0 Å². The first kappa shape index (κ1) is 11.2. The van der Waals surface area contributed by atoms with Gasteiger partial charge in [-0.05, 0) is 18.6 Å². The molecule has 0 saturated carbocycles. The first-order valence-corrected chi connectivity index (χ1v) is 6.87. The van der Waals surface area contributed by atoms with Crippen LogP contribution >= 0.6 is 0 Å². The summed E-state index contributed by atoms with van der Waals surface area (Å²) in [6, 6.07) is 3.29. The number of rotatable bonds is 4. The highest BCUT2D eigenvalue weighted by Gasteiger charge is 2.31. The predicted molar refractivity (Wildman–Crippen MR) is 57.4 cm³/mol. The minimum Gasteiger partial charge on any atom is -0.467 e. The van der Waals surface area contributed by atoms with E-state index in [0.29, 0.717) is 25.1 Å². The summed E-state index contributed by atoms with van der Waals surface area (Å²) in [6.07, 6.45) is 2.74. The van der Waals surface area contributed by atoms with Gasteiger partial charge in [-0.25, -0.2) is 8.42 Å². The lowest BCUT2D eigenvalue weighted by atomic mass is 10.2. The van der Waals surface area contributed by atoms with Crippen LogP contribution in [0.15, 0.2) is 22.8 Å². The Morgan fingerprint density at radius 2 is 2.38 bits per heavy atom. The van der Waals surface area contributed by atoms with E-state index >= 15 is 0 Å². The number of carbonyl (C=O) groups excluding carboxylic acids is 1. The molecule has 1 saturated heterocycles. The van der Waals surface area contributed by atoms with Gasteiger partial charge in [0.05, 0.1) is 24.3 Å². The summed E-state index contributed by atoms with van der Waals surface area (Å²) in [5, 5.41) is 0. The molecule has 1 aliphatic rings. The van der Waals surface area contributed by atoms with Crippen LogP contribution in [0, 0.1) is 0 Å². The molecule has 1 aromatic heterocycles. The van der Waals surface area contributed by atoms with E-state index in [2.05, 4.69) is 0 Å². The Kier molecular flexibility index (Phi) is 3.00. The van der Waals surface area contributed by atoms with E-state index in [9.17, 15) is 13.2 Å². The SMILES string of the molecule is O=CN(Cc1ccco1)C1CCS(=O)(=O)C1. The fraction of sp³-hybridized carbons (Fsp3) is 0.500. The Morgan fingerprint density at radius 3 is 2.88 bits per heavy atom. The van der Waals surface area contributed by atoms with Crippen LogP contribution in [0.25, 0.3) is 0 Å². The van der Waals surface area contributed by atoms with Crippen LogP contribution in [0.5, 0.6) is 0 Å². The van der Waals surface area contributed by atoms with Gasteiger partial charge in [-0.2, -0.15) is 0 Å². The summed E-state index contributed by atoms with van der Waals surface area (Å²) >= 11 is 0. The van der Waals surface area contributed by atoms with E-state index in [4.69, 9.17) is 4.42 Å². The molecule has 0 aliphatic carbocycles. The minimum absolute atomic E-state index is 0.0620. The van der Waals surface area contributed by atoms with Crippen molar-refractivity contribution in [3.8, 4) is 0 Å². The van der Waals surface area contributed by atoms with Crippen LogP contribution in [-0.4, -0.2) is 37.3 Å². The van der Waals surface area contributed by atoms with Gasteiger partial charge in [0.2, 0.25) is 6.41 Å². The topological polar surface area (TPSA) is 67.6 Å². The van der Waals surface area contributed by atoms with Crippen LogP contribution in [0.2, 0.25) is 0 Å². The first-order valence-electron chi connectivity index (χ1n) is 5.04. The third-order valence-electron chi connectivity index (χ3n) is 2.73. The molecule has 1 aromatic rings. The molecule has 1 aliphatic heterocycles. The van der Waals surface area contributed by atoms with Crippen molar-refractivity contribution in [3.63, 3.8) is 0 Å². The molecule has 1 amide bonds. The fourth-order valence-electron chi connectivity index (χ4n) is 1.87. The molecular weight excluding hydrogens is 230 g/mol. The van der Waals surface area contributed by atoms with Gasteiger partial charge < -0.3 is 9.32 Å². The Balaban J connectivity index is 2.04. The third kappa shape index (κ3) is 2.44. The Bertz CT molecular complexity index is 451. The van der Waals surface area contributed by atoms with Crippen LogP contribution in [0.1, 0.15) is 12.2 Å². The van der Waals surface area contributed by atoms with Crippen molar-refractivity contribution in [2.75, 3.05) is 11.5 Å². The monoisotopic (exact) mass is 243 g/mol. The summed E-state index contributed by atoms with van der Waals surface area (Å²) in [4.78, 5) is 12.4. The molecule has 16 heavy (non-hydrogen) atoms. The largest absolute Gasteiger partial charge is 0.467 e. The van der Waals surface area contributed by atoms with Crippen LogP contribution in [-0.2, 0) is 21.2 Å². The standard InChI is InChI=1S/C10H13NO4S/c12-8-11(6-10-2-1-4-15-10)9-3-5-16(13,14)7-9/h1-2,4,8-9H,3,5-7H2. The van der Waals surface area contributed by atoms with Gasteiger partial charge in [0.25, 0.3) is 0 Å². The van der Waals surface area contributed by atoms with Gasteiger partial charge in [0.15, 0.2) is 9.84 Å². The molecule has 0 N–H and O–H groups in total. The maximum absolute atomic E-state index is 11.3. The number of furan rings is 1. The number of hydrogen-bond donors (Lipinski definition) is 0. The second kappa shape index (κ2) is 4.29. The second-order valence-electron chi connectivity index (χ2n) is 3.91. The summed E-state index contributed by atoms with van der Waals surface area (Å²) in [7, 11) is -2.96. The number of hydrogen-bond acceptors (Lipinski definition) is 4. The van der Waals surface area contributed by atoms with Crippen molar-refractivity contribution in [2.45, 2.75) is 19.0 Å². The summed E-state index contributed by atoms with van der Waals surface area (Å²) in [6.45, 7) is 0.330. The third-order valence-corrected chi connectivity index (χ3v) is 4.48. The summed E-state index contributed by atoms with van der Waals surface area (Å²) in [5.74, 6) is 0.892. The maximum atomic E-state index is 11.3. The molecule has 0 radical (unpaired) electrons. The van der Waals surface area contributed by atoms with E-state index in [1.54, 1.807) is 12.1 Å². The van der Waals surface area contributed by atoms with Crippen molar-refractivity contribution >= 4 is 16.2 Å². The molecular formula is C10H13NO4S. The van der Waals surface area contributed by atoms with E-state index in [1.807, 2.05) is 0 Å². The van der Waals surface area contributed by atoms with Gasteiger partial charge in [-0.15, -0.1) is 0 Å². The number of sulfone groups is 1. The highest BCUT2D eigenvalue weighted by atomic mass is 32.2.